The maximum absolute atomic E-state index is 12.9. The fourth-order valence-corrected chi connectivity index (χ4v) is 5.16. The van der Waals surface area contributed by atoms with E-state index >= 15 is 0 Å². The van der Waals surface area contributed by atoms with E-state index in [9.17, 15) is 9.59 Å². The van der Waals surface area contributed by atoms with E-state index < -0.39 is 0 Å². The lowest BCUT2D eigenvalue weighted by molar-refractivity contribution is -0.137. The fourth-order valence-electron chi connectivity index (χ4n) is 4.30. The first kappa shape index (κ1) is 20.0. The average molecular weight is 413 g/mol. The van der Waals surface area contributed by atoms with Crippen LogP contribution in [0.5, 0.6) is 0 Å². The van der Waals surface area contributed by atoms with Gasteiger partial charge in [0.2, 0.25) is 10.9 Å². The molecule has 1 aromatic heterocycles. The summed E-state index contributed by atoms with van der Waals surface area (Å²) in [6.07, 6.45) is 7.62. The lowest BCUT2D eigenvalue weighted by Gasteiger charge is -2.35. The van der Waals surface area contributed by atoms with Gasteiger partial charge >= 0.3 is 0 Å². The Kier molecular flexibility index (Phi) is 6.23. The summed E-state index contributed by atoms with van der Waals surface area (Å²) in [6, 6.07) is 7.68. The fraction of sp³-hybridized carbons (Fsp3) is 0.545. The van der Waals surface area contributed by atoms with Gasteiger partial charge in [-0.3, -0.25) is 9.59 Å². The third kappa shape index (κ3) is 4.83. The predicted octanol–water partition coefficient (Wildman–Crippen LogP) is 4.39. The van der Waals surface area contributed by atoms with Crippen molar-refractivity contribution in [2.45, 2.75) is 57.8 Å². The van der Waals surface area contributed by atoms with Crippen LogP contribution in [0.25, 0.3) is 0 Å². The number of nitrogens with zero attached hydrogens (tertiary/aromatic N) is 3. The molecule has 0 bridgehead atoms. The number of rotatable bonds is 4. The molecule has 1 unspecified atom stereocenters. The SMILES string of the molecule is Cc1ccc(NC(=O)c2nnc(C3CCCN(C(=O)C4CCCCC4)C3)s2)cc1. The molecule has 29 heavy (non-hydrogen) atoms. The van der Waals surface area contributed by atoms with Crippen LogP contribution >= 0.6 is 11.3 Å². The average Bonchev–Trinajstić information content (AvgIpc) is 3.26. The molecule has 1 atom stereocenters. The minimum absolute atomic E-state index is 0.176. The van der Waals surface area contributed by atoms with E-state index in [1.807, 2.05) is 36.1 Å². The van der Waals surface area contributed by atoms with Crippen molar-refractivity contribution in [2.75, 3.05) is 18.4 Å². The molecule has 2 fully saturated rings. The molecule has 0 spiro atoms. The maximum Gasteiger partial charge on any atom is 0.286 e. The lowest BCUT2D eigenvalue weighted by atomic mass is 9.87. The molecule has 6 nitrogen and oxygen atoms in total. The zero-order valence-electron chi connectivity index (χ0n) is 16.9. The van der Waals surface area contributed by atoms with Gasteiger partial charge in [-0.2, -0.15) is 0 Å². The molecule has 1 N–H and O–H groups in total. The zero-order valence-corrected chi connectivity index (χ0v) is 17.7. The number of piperidine rings is 1. The minimum Gasteiger partial charge on any atom is -0.342 e. The first-order chi connectivity index (χ1) is 14.1. The van der Waals surface area contributed by atoms with Gasteiger partial charge in [0.1, 0.15) is 5.01 Å². The van der Waals surface area contributed by atoms with Crippen LogP contribution in [-0.2, 0) is 4.79 Å². The Labute approximate surface area is 175 Å². The number of hydrogen-bond donors (Lipinski definition) is 1. The highest BCUT2D eigenvalue weighted by atomic mass is 32.1. The molecular formula is C22H28N4O2S. The van der Waals surface area contributed by atoms with Gasteiger partial charge in [0.15, 0.2) is 0 Å². The van der Waals surface area contributed by atoms with Crippen LogP contribution in [0.1, 0.15) is 71.2 Å². The standard InChI is InChI=1S/C22H28N4O2S/c1-15-9-11-18(12-10-15)23-19(27)21-25-24-20(29-21)17-8-5-13-26(14-17)22(28)16-6-3-2-4-7-16/h9-12,16-17H,2-8,13-14H2,1H3,(H,23,27). The number of aryl methyl sites for hydroxylation is 1. The van der Waals surface area contributed by atoms with Gasteiger partial charge in [-0.1, -0.05) is 48.3 Å². The van der Waals surface area contributed by atoms with Gasteiger partial charge in [-0.15, -0.1) is 10.2 Å². The highest BCUT2D eigenvalue weighted by molar-refractivity contribution is 7.13. The van der Waals surface area contributed by atoms with E-state index in [0.29, 0.717) is 17.5 Å². The van der Waals surface area contributed by atoms with Crippen molar-refractivity contribution in [3.05, 3.63) is 39.8 Å². The molecule has 2 amide bonds. The van der Waals surface area contributed by atoms with Gasteiger partial charge < -0.3 is 10.2 Å². The third-order valence-corrected chi connectivity index (χ3v) is 7.07. The van der Waals surface area contributed by atoms with Gasteiger partial charge in [-0.05, 0) is 44.7 Å². The molecule has 2 heterocycles. The number of hydrogen-bond acceptors (Lipinski definition) is 5. The van der Waals surface area contributed by atoms with Crippen molar-refractivity contribution in [3.63, 3.8) is 0 Å². The van der Waals surface area contributed by atoms with Crippen LogP contribution in [-0.4, -0.2) is 40.0 Å². The second-order valence-electron chi connectivity index (χ2n) is 8.22. The van der Waals surface area contributed by atoms with Crippen molar-refractivity contribution in [2.24, 2.45) is 5.92 Å². The molecule has 2 aliphatic rings. The molecule has 0 radical (unpaired) electrons. The summed E-state index contributed by atoms with van der Waals surface area (Å²) >= 11 is 1.35. The van der Waals surface area contributed by atoms with E-state index in [0.717, 1.165) is 48.5 Å². The third-order valence-electron chi connectivity index (χ3n) is 5.98. The molecule has 2 aromatic rings. The van der Waals surface area contributed by atoms with Crippen LogP contribution in [0.3, 0.4) is 0 Å². The highest BCUT2D eigenvalue weighted by Gasteiger charge is 2.32. The molecule has 1 saturated carbocycles. The first-order valence-electron chi connectivity index (χ1n) is 10.6. The Morgan fingerprint density at radius 3 is 2.55 bits per heavy atom. The molecule has 1 aromatic carbocycles. The van der Waals surface area contributed by atoms with Crippen molar-refractivity contribution >= 4 is 28.8 Å². The minimum atomic E-state index is -0.233. The molecular weight excluding hydrogens is 384 g/mol. The van der Waals surface area contributed by atoms with Gasteiger partial charge in [0.25, 0.3) is 5.91 Å². The largest absolute Gasteiger partial charge is 0.342 e. The Hall–Kier alpha value is -2.28. The summed E-state index contributed by atoms with van der Waals surface area (Å²) in [6.45, 7) is 3.55. The second kappa shape index (κ2) is 9.03. The highest BCUT2D eigenvalue weighted by Crippen LogP contribution is 2.32. The van der Waals surface area contributed by atoms with Crippen molar-refractivity contribution in [3.8, 4) is 0 Å². The number of carbonyl (C=O) groups is 2. The number of aromatic nitrogens is 2. The van der Waals surface area contributed by atoms with Crippen LogP contribution in [0.2, 0.25) is 0 Å². The number of carbonyl (C=O) groups excluding carboxylic acids is 2. The predicted molar refractivity (Wildman–Crippen MR) is 114 cm³/mol. The molecule has 4 rings (SSSR count). The van der Waals surface area contributed by atoms with Crippen molar-refractivity contribution in [1.82, 2.24) is 15.1 Å². The number of amides is 2. The zero-order chi connectivity index (χ0) is 20.2. The summed E-state index contributed by atoms with van der Waals surface area (Å²) in [5, 5.41) is 12.5. The van der Waals surface area contributed by atoms with Crippen LogP contribution < -0.4 is 5.32 Å². The summed E-state index contributed by atoms with van der Waals surface area (Å²) in [5.74, 6) is 0.460. The summed E-state index contributed by atoms with van der Waals surface area (Å²) < 4.78 is 0. The maximum atomic E-state index is 12.9. The molecule has 7 heteroatoms. The van der Waals surface area contributed by atoms with Gasteiger partial charge in [0.05, 0.1) is 0 Å². The lowest BCUT2D eigenvalue weighted by Crippen LogP contribution is -2.42. The summed E-state index contributed by atoms with van der Waals surface area (Å²) in [4.78, 5) is 27.4. The second-order valence-corrected chi connectivity index (χ2v) is 9.23. The van der Waals surface area contributed by atoms with E-state index in [4.69, 9.17) is 0 Å². The van der Waals surface area contributed by atoms with Gasteiger partial charge in [-0.25, -0.2) is 0 Å². The topological polar surface area (TPSA) is 75.2 Å². The quantitative estimate of drug-likeness (QED) is 0.808. The summed E-state index contributed by atoms with van der Waals surface area (Å²) in [7, 11) is 0. The van der Waals surface area contributed by atoms with Crippen LogP contribution in [0.4, 0.5) is 5.69 Å². The number of nitrogens with one attached hydrogen (secondary N) is 1. The summed E-state index contributed by atoms with van der Waals surface area (Å²) in [5.41, 5.74) is 1.89. The number of benzene rings is 1. The number of likely N-dealkylation sites (tertiary alicyclic amines) is 1. The first-order valence-corrected chi connectivity index (χ1v) is 11.4. The van der Waals surface area contributed by atoms with Crippen LogP contribution in [0.15, 0.2) is 24.3 Å². The Morgan fingerprint density at radius 1 is 1.03 bits per heavy atom. The Bertz CT molecular complexity index is 858. The van der Waals surface area contributed by atoms with E-state index in [-0.39, 0.29) is 17.7 Å². The Morgan fingerprint density at radius 2 is 1.79 bits per heavy atom. The molecule has 1 aliphatic heterocycles. The van der Waals surface area contributed by atoms with E-state index in [2.05, 4.69) is 15.5 Å². The molecule has 1 aliphatic carbocycles. The smallest absolute Gasteiger partial charge is 0.286 e. The normalized spacial score (nSPS) is 20.4. The number of anilines is 1. The van der Waals surface area contributed by atoms with E-state index in [1.165, 1.54) is 30.6 Å². The van der Waals surface area contributed by atoms with Crippen molar-refractivity contribution < 1.29 is 9.59 Å². The molecule has 1 saturated heterocycles. The van der Waals surface area contributed by atoms with Gasteiger partial charge in [0, 0.05) is 30.6 Å². The van der Waals surface area contributed by atoms with Crippen LogP contribution in [0, 0.1) is 12.8 Å². The van der Waals surface area contributed by atoms with Crippen molar-refractivity contribution in [1.29, 1.82) is 0 Å². The molecule has 154 valence electrons. The van der Waals surface area contributed by atoms with E-state index in [1.54, 1.807) is 0 Å². The monoisotopic (exact) mass is 412 g/mol. The Balaban J connectivity index is 1.38.